The Morgan fingerprint density at radius 2 is 2.20 bits per heavy atom. The Bertz CT molecular complexity index is 334. The summed E-state index contributed by atoms with van der Waals surface area (Å²) in [6.07, 6.45) is 2.61. The molecule has 1 aromatic rings. The molecular weight excluding hydrogens is 190 g/mol. The van der Waals surface area contributed by atoms with Gasteiger partial charge in [-0.1, -0.05) is 0 Å². The number of hydrogen-bond donors (Lipinski definition) is 1. The molecule has 3 nitrogen and oxygen atoms in total. The van der Waals surface area contributed by atoms with E-state index in [4.69, 9.17) is 15.2 Å². The number of anilines is 1. The Kier molecular flexibility index (Phi) is 3.11. The van der Waals surface area contributed by atoms with Crippen molar-refractivity contribution in [1.29, 1.82) is 0 Å². The van der Waals surface area contributed by atoms with Crippen molar-refractivity contribution in [2.75, 3.05) is 19.1 Å². The number of aryl methyl sites for hydroxylation is 1. The van der Waals surface area contributed by atoms with Crippen LogP contribution >= 0.6 is 0 Å². The highest BCUT2D eigenvalue weighted by molar-refractivity contribution is 5.49. The van der Waals surface area contributed by atoms with Gasteiger partial charge >= 0.3 is 0 Å². The third-order valence-electron chi connectivity index (χ3n) is 2.60. The predicted molar refractivity (Wildman–Crippen MR) is 59.8 cm³/mol. The minimum atomic E-state index is 0.333. The average molecular weight is 207 g/mol. The maximum absolute atomic E-state index is 5.70. The van der Waals surface area contributed by atoms with E-state index in [-0.39, 0.29) is 0 Å². The first-order chi connectivity index (χ1) is 7.25. The standard InChI is InChI=1S/C12H17NO2/c1-9-6-11(4-5-12(9)13)15-8-14-7-10-2-3-10/h4-6,10H,2-3,7-8,13H2,1H3. The molecule has 1 fully saturated rings. The fraction of sp³-hybridized carbons (Fsp3) is 0.500. The number of nitrogens with two attached hydrogens (primary N) is 1. The van der Waals surface area contributed by atoms with Crippen molar-refractivity contribution in [2.45, 2.75) is 19.8 Å². The van der Waals surface area contributed by atoms with Gasteiger partial charge in [-0.2, -0.15) is 0 Å². The normalized spacial score (nSPS) is 15.3. The van der Waals surface area contributed by atoms with Crippen LogP contribution in [0.5, 0.6) is 5.75 Å². The fourth-order valence-corrected chi connectivity index (χ4v) is 1.35. The molecule has 0 unspecified atom stereocenters. The lowest BCUT2D eigenvalue weighted by Gasteiger charge is -2.08. The second-order valence-electron chi connectivity index (χ2n) is 4.09. The van der Waals surface area contributed by atoms with Gasteiger partial charge in [0.15, 0.2) is 6.79 Å². The maximum Gasteiger partial charge on any atom is 0.189 e. The summed E-state index contributed by atoms with van der Waals surface area (Å²) >= 11 is 0. The topological polar surface area (TPSA) is 44.5 Å². The molecule has 0 radical (unpaired) electrons. The molecule has 3 heteroatoms. The van der Waals surface area contributed by atoms with Gasteiger partial charge in [-0.05, 0) is 49.4 Å². The van der Waals surface area contributed by atoms with Crippen LogP contribution < -0.4 is 10.5 Å². The molecule has 0 aliphatic heterocycles. The molecule has 0 aromatic heterocycles. The smallest absolute Gasteiger partial charge is 0.189 e. The first-order valence-corrected chi connectivity index (χ1v) is 5.32. The number of hydrogen-bond acceptors (Lipinski definition) is 3. The van der Waals surface area contributed by atoms with Crippen LogP contribution in [0.2, 0.25) is 0 Å². The lowest BCUT2D eigenvalue weighted by atomic mass is 10.2. The summed E-state index contributed by atoms with van der Waals surface area (Å²) in [5, 5.41) is 0. The summed E-state index contributed by atoms with van der Waals surface area (Å²) in [5.41, 5.74) is 7.53. The Hall–Kier alpha value is -1.22. The van der Waals surface area contributed by atoms with Gasteiger partial charge in [0.2, 0.25) is 0 Å². The van der Waals surface area contributed by atoms with E-state index in [2.05, 4.69) is 0 Å². The van der Waals surface area contributed by atoms with E-state index in [0.717, 1.165) is 29.5 Å². The predicted octanol–water partition coefficient (Wildman–Crippen LogP) is 2.34. The fourth-order valence-electron chi connectivity index (χ4n) is 1.35. The molecule has 0 saturated heterocycles. The van der Waals surface area contributed by atoms with Crippen LogP contribution in [-0.4, -0.2) is 13.4 Å². The highest BCUT2D eigenvalue weighted by Crippen LogP contribution is 2.28. The van der Waals surface area contributed by atoms with Crippen molar-refractivity contribution >= 4 is 5.69 Å². The SMILES string of the molecule is Cc1cc(OCOCC2CC2)ccc1N. The summed E-state index contributed by atoms with van der Waals surface area (Å²) in [6, 6.07) is 5.64. The van der Waals surface area contributed by atoms with Gasteiger partial charge in [0.1, 0.15) is 5.75 Å². The van der Waals surface area contributed by atoms with Crippen molar-refractivity contribution in [2.24, 2.45) is 5.92 Å². The third-order valence-corrected chi connectivity index (χ3v) is 2.60. The molecule has 1 saturated carbocycles. The van der Waals surface area contributed by atoms with Gasteiger partial charge in [-0.15, -0.1) is 0 Å². The quantitative estimate of drug-likeness (QED) is 0.458. The number of ether oxygens (including phenoxy) is 2. The van der Waals surface area contributed by atoms with Crippen LogP contribution in [0.25, 0.3) is 0 Å². The van der Waals surface area contributed by atoms with Gasteiger partial charge in [0.25, 0.3) is 0 Å². The highest BCUT2D eigenvalue weighted by Gasteiger charge is 2.20. The lowest BCUT2D eigenvalue weighted by molar-refractivity contribution is 0.00997. The van der Waals surface area contributed by atoms with Gasteiger partial charge in [-0.25, -0.2) is 0 Å². The minimum Gasteiger partial charge on any atom is -0.468 e. The van der Waals surface area contributed by atoms with E-state index in [9.17, 15) is 0 Å². The molecule has 2 rings (SSSR count). The van der Waals surface area contributed by atoms with Crippen molar-refractivity contribution < 1.29 is 9.47 Å². The molecule has 1 aromatic carbocycles. The molecule has 15 heavy (non-hydrogen) atoms. The zero-order valence-electron chi connectivity index (χ0n) is 9.03. The highest BCUT2D eigenvalue weighted by atomic mass is 16.7. The summed E-state index contributed by atoms with van der Waals surface area (Å²) < 4.78 is 10.8. The lowest BCUT2D eigenvalue weighted by Crippen LogP contribution is -2.05. The van der Waals surface area contributed by atoms with Crippen LogP contribution in [0.4, 0.5) is 5.69 Å². The molecule has 2 N–H and O–H groups in total. The zero-order valence-corrected chi connectivity index (χ0v) is 9.03. The summed E-state index contributed by atoms with van der Waals surface area (Å²) in [6.45, 7) is 3.13. The molecule has 1 aliphatic carbocycles. The van der Waals surface area contributed by atoms with E-state index in [1.54, 1.807) is 0 Å². The number of benzene rings is 1. The number of rotatable bonds is 5. The van der Waals surface area contributed by atoms with Gasteiger partial charge < -0.3 is 15.2 Å². The van der Waals surface area contributed by atoms with Gasteiger partial charge in [0.05, 0.1) is 6.61 Å². The van der Waals surface area contributed by atoms with Crippen LogP contribution in [0, 0.1) is 12.8 Å². The van der Waals surface area contributed by atoms with Crippen LogP contribution in [0.1, 0.15) is 18.4 Å². The summed E-state index contributed by atoms with van der Waals surface area (Å²) in [5.74, 6) is 1.60. The zero-order chi connectivity index (χ0) is 10.7. The third kappa shape index (κ3) is 3.13. The molecule has 0 amide bonds. The van der Waals surface area contributed by atoms with Crippen molar-refractivity contribution in [3.05, 3.63) is 23.8 Å². The molecule has 0 atom stereocenters. The number of nitrogen functional groups attached to an aromatic ring is 1. The van der Waals surface area contributed by atoms with Crippen LogP contribution in [-0.2, 0) is 4.74 Å². The summed E-state index contributed by atoms with van der Waals surface area (Å²) in [4.78, 5) is 0. The van der Waals surface area contributed by atoms with E-state index in [0.29, 0.717) is 6.79 Å². The Morgan fingerprint density at radius 3 is 2.87 bits per heavy atom. The van der Waals surface area contributed by atoms with Crippen molar-refractivity contribution in [1.82, 2.24) is 0 Å². The molecule has 82 valence electrons. The summed E-state index contributed by atoms with van der Waals surface area (Å²) in [7, 11) is 0. The second-order valence-corrected chi connectivity index (χ2v) is 4.09. The van der Waals surface area contributed by atoms with Gasteiger partial charge in [-0.3, -0.25) is 0 Å². The first-order valence-electron chi connectivity index (χ1n) is 5.32. The maximum atomic E-state index is 5.70. The minimum absolute atomic E-state index is 0.333. The Balaban J connectivity index is 1.74. The van der Waals surface area contributed by atoms with Crippen molar-refractivity contribution in [3.8, 4) is 5.75 Å². The van der Waals surface area contributed by atoms with E-state index in [1.807, 2.05) is 25.1 Å². The van der Waals surface area contributed by atoms with E-state index in [1.165, 1.54) is 12.8 Å². The van der Waals surface area contributed by atoms with E-state index >= 15 is 0 Å². The largest absolute Gasteiger partial charge is 0.468 e. The first kappa shape index (κ1) is 10.3. The molecule has 0 spiro atoms. The molecule has 0 bridgehead atoms. The van der Waals surface area contributed by atoms with Gasteiger partial charge in [0, 0.05) is 5.69 Å². The van der Waals surface area contributed by atoms with Crippen LogP contribution in [0.15, 0.2) is 18.2 Å². The molecule has 0 heterocycles. The monoisotopic (exact) mass is 207 g/mol. The molecule has 1 aliphatic rings. The van der Waals surface area contributed by atoms with Crippen molar-refractivity contribution in [3.63, 3.8) is 0 Å². The average Bonchev–Trinajstić information content (AvgIpc) is 3.02. The second kappa shape index (κ2) is 4.53. The van der Waals surface area contributed by atoms with E-state index < -0.39 is 0 Å². The molecular formula is C12H17NO2. The van der Waals surface area contributed by atoms with Crippen LogP contribution in [0.3, 0.4) is 0 Å². The Morgan fingerprint density at radius 1 is 1.40 bits per heavy atom. The Labute approximate surface area is 90.2 Å².